The van der Waals surface area contributed by atoms with Crippen molar-refractivity contribution < 1.29 is 38.2 Å². The van der Waals surface area contributed by atoms with Gasteiger partial charge >= 0.3 is 12.1 Å². The van der Waals surface area contributed by atoms with Gasteiger partial charge in [0, 0.05) is 11.1 Å². The van der Waals surface area contributed by atoms with Crippen molar-refractivity contribution in [2.45, 2.75) is 30.5 Å². The smallest absolute Gasteiger partial charge is 0.457 e. The monoisotopic (exact) mass is 593 g/mol. The number of carbonyl (C=O) groups is 4. The highest BCUT2D eigenvalue weighted by molar-refractivity contribution is 8.00. The van der Waals surface area contributed by atoms with Crippen LogP contribution in [0.2, 0.25) is 0 Å². The molecule has 0 saturated carbocycles. The number of cyclic esters (lactones) is 2. The van der Waals surface area contributed by atoms with E-state index in [-0.39, 0.29) is 23.3 Å². The number of hydrogen-bond acceptors (Lipinski definition) is 16. The summed E-state index contributed by atoms with van der Waals surface area (Å²) in [5, 5.41) is 13.0. The molecule has 4 unspecified atom stereocenters. The minimum Gasteiger partial charge on any atom is -0.457 e. The number of allylic oxidation sites excluding steroid dienone is 1. The van der Waals surface area contributed by atoms with Gasteiger partial charge in [0.05, 0.1) is 11.1 Å². The maximum atomic E-state index is 13.2. The van der Waals surface area contributed by atoms with E-state index in [0.717, 1.165) is 17.6 Å². The Morgan fingerprint density at radius 1 is 1.31 bits per heavy atom. The van der Waals surface area contributed by atoms with Crippen LogP contribution in [0.3, 0.4) is 0 Å². The van der Waals surface area contributed by atoms with E-state index in [9.17, 15) is 19.2 Å². The zero-order valence-electron chi connectivity index (χ0n) is 19.9. The van der Waals surface area contributed by atoms with Crippen LogP contribution in [0.5, 0.6) is 5.88 Å². The summed E-state index contributed by atoms with van der Waals surface area (Å²) < 4.78 is 19.1. The van der Waals surface area contributed by atoms with Gasteiger partial charge in [0.15, 0.2) is 11.2 Å². The number of hydrogen-bond donors (Lipinski definition) is 2. The maximum absolute atomic E-state index is 13.2. The first kappa shape index (κ1) is 26.6. The number of rotatable bonds is 9. The predicted molar refractivity (Wildman–Crippen MR) is 138 cm³/mol. The van der Waals surface area contributed by atoms with Gasteiger partial charge in [-0.25, -0.2) is 9.59 Å². The quantitative estimate of drug-likeness (QED) is 0.179. The molecule has 3 N–H and O–H groups in total. The number of nitrogens with one attached hydrogen (secondary N) is 1. The molecule has 0 bridgehead atoms. The number of nitrogens with zero attached hydrogens (tertiary/aromatic N) is 5. The Morgan fingerprint density at radius 2 is 2.15 bits per heavy atom. The van der Waals surface area contributed by atoms with E-state index in [0.29, 0.717) is 17.0 Å². The topological polar surface area (TPSA) is 198 Å². The van der Waals surface area contributed by atoms with Crippen molar-refractivity contribution in [1.29, 1.82) is 0 Å². The van der Waals surface area contributed by atoms with Gasteiger partial charge in [-0.2, -0.15) is 4.98 Å². The molecular weight excluding hydrogens is 574 g/mol. The molecule has 18 heteroatoms. The van der Waals surface area contributed by atoms with Crippen molar-refractivity contribution in [3.63, 3.8) is 0 Å². The Labute approximate surface area is 232 Å². The van der Waals surface area contributed by atoms with Crippen molar-refractivity contribution >= 4 is 76.0 Å². The Kier molecular flexibility index (Phi) is 7.75. The number of oxime groups is 1. The van der Waals surface area contributed by atoms with E-state index in [1.54, 1.807) is 24.5 Å². The molecule has 2 aromatic rings. The molecule has 5 heterocycles. The molecule has 5 rings (SSSR count). The predicted octanol–water partition coefficient (Wildman–Crippen LogP) is 0.776. The standard InChI is InChI=1S/C21H19N7O8S3/c1-9-12(35-21(32)34-9)5-33-19(31)16-10(2-3-11-7-39-27-26-11)6-37-18-15(17(30)28(16)18)24-13(29)4-23-36-14-8-38-20(22)25-14/h2-4,7-9,12,15,18H,5-6H2,1H3,(H2,22,25)(H,24,29)/b3-2-,23-4-. The number of thiazole rings is 1. The first-order valence-corrected chi connectivity index (χ1v) is 14.0. The molecule has 0 spiro atoms. The van der Waals surface area contributed by atoms with Gasteiger partial charge in [0.25, 0.3) is 17.7 Å². The summed E-state index contributed by atoms with van der Waals surface area (Å²) in [5.74, 6) is -1.52. The van der Waals surface area contributed by atoms with Crippen LogP contribution in [0.25, 0.3) is 6.08 Å². The van der Waals surface area contributed by atoms with E-state index in [1.807, 2.05) is 0 Å². The zero-order chi connectivity index (χ0) is 27.5. The van der Waals surface area contributed by atoms with Crippen LogP contribution in [0.1, 0.15) is 12.6 Å². The van der Waals surface area contributed by atoms with Gasteiger partial charge in [-0.15, -0.1) is 28.2 Å². The summed E-state index contributed by atoms with van der Waals surface area (Å²) in [6.45, 7) is 1.35. The Hall–Kier alpha value is -4.03. The molecule has 2 saturated heterocycles. The normalized spacial score (nSPS) is 24.4. The van der Waals surface area contributed by atoms with Crippen molar-refractivity contribution in [2.24, 2.45) is 5.16 Å². The first-order chi connectivity index (χ1) is 18.8. The van der Waals surface area contributed by atoms with Gasteiger partial charge in [0.1, 0.15) is 36.0 Å². The Morgan fingerprint density at radius 3 is 2.85 bits per heavy atom. The average molecular weight is 594 g/mol. The van der Waals surface area contributed by atoms with Crippen LogP contribution in [-0.4, -0.2) is 85.6 Å². The number of ether oxygens (including phenoxy) is 3. The number of amides is 2. The molecule has 15 nitrogen and oxygen atoms in total. The first-order valence-electron chi connectivity index (χ1n) is 11.2. The number of esters is 1. The summed E-state index contributed by atoms with van der Waals surface area (Å²) in [6.07, 6.45) is 1.96. The summed E-state index contributed by atoms with van der Waals surface area (Å²) >= 11 is 3.67. The molecule has 0 aliphatic carbocycles. The molecular formula is C21H19N7O8S3. The van der Waals surface area contributed by atoms with Crippen LogP contribution < -0.4 is 15.9 Å². The number of thioether (sulfide) groups is 1. The number of anilines is 1. The minimum atomic E-state index is -0.913. The minimum absolute atomic E-state index is 0.0182. The van der Waals surface area contributed by atoms with E-state index in [4.69, 9.17) is 24.8 Å². The highest BCUT2D eigenvalue weighted by atomic mass is 32.2. The third-order valence-corrected chi connectivity index (χ3v) is 8.05. The van der Waals surface area contributed by atoms with Gasteiger partial charge in [-0.3, -0.25) is 14.5 Å². The van der Waals surface area contributed by atoms with E-state index in [2.05, 4.69) is 25.0 Å². The molecule has 204 valence electrons. The number of nitrogen functional groups attached to an aromatic ring is 1. The fraction of sp³-hybridized carbons (Fsp3) is 0.333. The SMILES string of the molecule is CC1OC(=O)OC1COC(=O)C1=C(/C=C\c2csnn2)CSC2C(NC(=O)/C=N\Oc3csc(N)n3)C(=O)N12. The average Bonchev–Trinajstić information content (AvgIpc) is 3.65. The lowest BCUT2D eigenvalue weighted by Crippen LogP contribution is -2.70. The van der Waals surface area contributed by atoms with Gasteiger partial charge < -0.3 is 30.1 Å². The van der Waals surface area contributed by atoms with Gasteiger partial charge in [-0.1, -0.05) is 15.7 Å². The van der Waals surface area contributed by atoms with Crippen LogP contribution >= 0.6 is 34.6 Å². The fourth-order valence-corrected chi connectivity index (χ4v) is 5.89. The largest absolute Gasteiger partial charge is 0.509 e. The van der Waals surface area contributed by atoms with Gasteiger partial charge in [-0.05, 0) is 30.1 Å². The van der Waals surface area contributed by atoms with Gasteiger partial charge in [0.2, 0.25) is 0 Å². The third-order valence-electron chi connectivity index (χ3n) is 5.57. The van der Waals surface area contributed by atoms with Crippen LogP contribution in [0, 0.1) is 0 Å². The molecule has 39 heavy (non-hydrogen) atoms. The lowest BCUT2D eigenvalue weighted by molar-refractivity contribution is -0.153. The lowest BCUT2D eigenvalue weighted by atomic mass is 10.0. The number of β-lactam (4-membered cyclic amide) rings is 1. The lowest BCUT2D eigenvalue weighted by Gasteiger charge is -2.49. The molecule has 2 aromatic heterocycles. The molecule has 3 aliphatic rings. The fourth-order valence-electron chi connectivity index (χ4n) is 3.69. The molecule has 2 amide bonds. The Balaban J connectivity index is 1.28. The molecule has 0 aromatic carbocycles. The van der Waals surface area contributed by atoms with Crippen LogP contribution in [0.4, 0.5) is 9.93 Å². The Bertz CT molecular complexity index is 1380. The summed E-state index contributed by atoms with van der Waals surface area (Å²) in [7, 11) is 0. The summed E-state index contributed by atoms with van der Waals surface area (Å²) in [5.41, 5.74) is 6.62. The zero-order valence-corrected chi connectivity index (χ0v) is 22.4. The second-order valence-corrected chi connectivity index (χ2v) is 10.7. The van der Waals surface area contributed by atoms with E-state index >= 15 is 0 Å². The van der Waals surface area contributed by atoms with E-state index in [1.165, 1.54) is 33.6 Å². The summed E-state index contributed by atoms with van der Waals surface area (Å²) in [6, 6.07) is -0.913. The number of fused-ring (bicyclic) bond motifs is 1. The van der Waals surface area contributed by atoms with Crippen LogP contribution in [-0.2, 0) is 28.6 Å². The molecule has 4 atom stereocenters. The van der Waals surface area contributed by atoms with Crippen LogP contribution in [0.15, 0.2) is 33.3 Å². The highest BCUT2D eigenvalue weighted by Crippen LogP contribution is 2.41. The number of carbonyl (C=O) groups excluding carboxylic acids is 4. The number of nitrogens with two attached hydrogens (primary N) is 1. The molecule has 0 radical (unpaired) electrons. The third kappa shape index (κ3) is 5.86. The highest BCUT2D eigenvalue weighted by Gasteiger charge is 2.54. The summed E-state index contributed by atoms with van der Waals surface area (Å²) in [4.78, 5) is 60.1. The maximum Gasteiger partial charge on any atom is 0.509 e. The van der Waals surface area contributed by atoms with Crippen molar-refractivity contribution in [3.05, 3.63) is 33.8 Å². The second kappa shape index (κ2) is 11.4. The van der Waals surface area contributed by atoms with Crippen molar-refractivity contribution in [1.82, 2.24) is 24.8 Å². The van der Waals surface area contributed by atoms with Crippen molar-refractivity contribution in [2.75, 3.05) is 18.1 Å². The van der Waals surface area contributed by atoms with Crippen molar-refractivity contribution in [3.8, 4) is 5.88 Å². The molecule has 2 fully saturated rings. The second-order valence-electron chi connectivity index (χ2n) is 8.11. The number of aromatic nitrogens is 3. The van der Waals surface area contributed by atoms with E-state index < -0.39 is 47.6 Å². The molecule has 3 aliphatic heterocycles.